The van der Waals surface area contributed by atoms with E-state index in [1.54, 1.807) is 34.8 Å². The summed E-state index contributed by atoms with van der Waals surface area (Å²) in [6, 6.07) is 22.0. The summed E-state index contributed by atoms with van der Waals surface area (Å²) >= 11 is 13.4. The fraction of sp³-hybridized carbons (Fsp3) is 0.0370. The van der Waals surface area contributed by atoms with Crippen LogP contribution in [0.15, 0.2) is 88.3 Å². The second-order valence-electron chi connectivity index (χ2n) is 8.33. The van der Waals surface area contributed by atoms with Gasteiger partial charge in [-0.2, -0.15) is 0 Å². The third kappa shape index (κ3) is 3.07. The quantitative estimate of drug-likeness (QED) is 0.246. The summed E-state index contributed by atoms with van der Waals surface area (Å²) in [6.45, 7) is 0. The highest BCUT2D eigenvalue weighted by atomic mass is 35.5. The molecule has 0 spiro atoms. The fourth-order valence-corrected chi connectivity index (χ4v) is 5.33. The first-order valence-corrected chi connectivity index (χ1v) is 11.8. The molecular formula is C27H14Cl2N4O3. The van der Waals surface area contributed by atoms with E-state index in [-0.39, 0.29) is 5.56 Å². The zero-order valence-electron chi connectivity index (χ0n) is 18.4. The van der Waals surface area contributed by atoms with Crippen molar-refractivity contribution in [3.63, 3.8) is 0 Å². The molecule has 6 aromatic rings. The number of hydrogen-bond acceptors (Lipinski definition) is 6. The van der Waals surface area contributed by atoms with Crippen LogP contribution in [0, 0.1) is 0 Å². The van der Waals surface area contributed by atoms with Gasteiger partial charge in [-0.25, -0.2) is 19.3 Å². The number of aromatic nitrogens is 4. The predicted octanol–water partition coefficient (Wildman–Crippen LogP) is 6.49. The molecule has 0 amide bonds. The Bertz CT molecular complexity index is 1860. The molecule has 0 radical (unpaired) electrons. The predicted molar refractivity (Wildman–Crippen MR) is 136 cm³/mol. The maximum absolute atomic E-state index is 13.5. The van der Waals surface area contributed by atoms with E-state index in [0.717, 1.165) is 5.56 Å². The number of benzene rings is 3. The lowest BCUT2D eigenvalue weighted by molar-refractivity contribution is 0.422. The summed E-state index contributed by atoms with van der Waals surface area (Å²) in [5.41, 5.74) is 2.49. The van der Waals surface area contributed by atoms with E-state index < -0.39 is 11.5 Å². The normalized spacial score (nSPS) is 14.4. The van der Waals surface area contributed by atoms with Crippen molar-refractivity contribution in [2.45, 2.75) is 5.92 Å². The zero-order valence-corrected chi connectivity index (χ0v) is 19.9. The Balaban J connectivity index is 1.60. The molecule has 7 rings (SSSR count). The summed E-state index contributed by atoms with van der Waals surface area (Å²) in [6.07, 6.45) is 1.54. The Hall–Kier alpha value is -4.20. The molecule has 3 aromatic carbocycles. The highest BCUT2D eigenvalue weighted by Crippen LogP contribution is 2.51. The molecule has 0 N–H and O–H groups in total. The van der Waals surface area contributed by atoms with E-state index >= 15 is 0 Å². The van der Waals surface area contributed by atoms with Crippen molar-refractivity contribution >= 4 is 39.8 Å². The van der Waals surface area contributed by atoms with Gasteiger partial charge in [-0.05, 0) is 24.3 Å². The first-order chi connectivity index (χ1) is 17.6. The molecule has 0 saturated carbocycles. The second kappa shape index (κ2) is 7.91. The molecule has 4 heterocycles. The number of rotatable bonds is 2. The number of nitrogens with zero attached hydrogens (tertiary/aromatic N) is 4. The Kier molecular flexibility index (Phi) is 4.64. The van der Waals surface area contributed by atoms with Crippen molar-refractivity contribution in [1.82, 2.24) is 19.6 Å². The summed E-state index contributed by atoms with van der Waals surface area (Å²) in [4.78, 5) is 22.8. The van der Waals surface area contributed by atoms with Crippen LogP contribution in [0.5, 0.6) is 11.6 Å². The fourth-order valence-electron chi connectivity index (χ4n) is 4.71. The minimum atomic E-state index is -0.755. The second-order valence-corrected chi connectivity index (χ2v) is 9.15. The zero-order chi connectivity index (χ0) is 24.4. The Morgan fingerprint density at radius 2 is 1.58 bits per heavy atom. The Labute approximate surface area is 213 Å². The highest BCUT2D eigenvalue weighted by Gasteiger charge is 2.39. The molecule has 1 unspecified atom stereocenters. The van der Waals surface area contributed by atoms with Crippen molar-refractivity contribution < 1.29 is 9.15 Å². The van der Waals surface area contributed by atoms with E-state index in [2.05, 4.69) is 10.1 Å². The molecule has 9 heteroatoms. The molecule has 1 aliphatic heterocycles. The van der Waals surface area contributed by atoms with Crippen molar-refractivity contribution in [3.8, 4) is 23.0 Å². The van der Waals surface area contributed by atoms with Crippen LogP contribution in [0.2, 0.25) is 10.0 Å². The van der Waals surface area contributed by atoms with Crippen molar-refractivity contribution in [3.05, 3.63) is 116 Å². The molecule has 36 heavy (non-hydrogen) atoms. The van der Waals surface area contributed by atoms with Crippen LogP contribution in [0.4, 0.5) is 0 Å². The van der Waals surface area contributed by atoms with E-state index in [1.807, 2.05) is 42.5 Å². The average Bonchev–Trinajstić information content (AvgIpc) is 3.33. The molecule has 3 aromatic heterocycles. The highest BCUT2D eigenvalue weighted by molar-refractivity contribution is 6.36. The van der Waals surface area contributed by atoms with Gasteiger partial charge in [-0.15, -0.1) is 5.10 Å². The number of para-hydroxylation sites is 1. The largest absolute Gasteiger partial charge is 0.437 e. The molecule has 7 nitrogen and oxygen atoms in total. The van der Waals surface area contributed by atoms with Crippen molar-refractivity contribution in [2.24, 2.45) is 0 Å². The van der Waals surface area contributed by atoms with Crippen LogP contribution in [0.3, 0.4) is 0 Å². The molecule has 0 bridgehead atoms. The number of ether oxygens (including phenoxy) is 1. The SMILES string of the molecule is O=c1oc2ccccc2c2c1C(c1c(Cl)cccc1Cl)c1c(ncn3nc(-c4ccccc4)nc13)O2. The Morgan fingerprint density at radius 1 is 0.833 bits per heavy atom. The number of fused-ring (bicyclic) bond motifs is 6. The minimum absolute atomic E-state index is 0.273. The maximum atomic E-state index is 13.5. The topological polar surface area (TPSA) is 82.5 Å². The first kappa shape index (κ1) is 21.1. The summed E-state index contributed by atoms with van der Waals surface area (Å²) in [5, 5.41) is 6.03. The van der Waals surface area contributed by atoms with Gasteiger partial charge in [-0.3, -0.25) is 0 Å². The van der Waals surface area contributed by atoms with Gasteiger partial charge in [0, 0.05) is 21.2 Å². The van der Waals surface area contributed by atoms with Gasteiger partial charge < -0.3 is 9.15 Å². The average molecular weight is 513 g/mol. The lowest BCUT2D eigenvalue weighted by atomic mass is 9.84. The van der Waals surface area contributed by atoms with Gasteiger partial charge in [0.1, 0.15) is 11.9 Å². The molecular weight excluding hydrogens is 499 g/mol. The van der Waals surface area contributed by atoms with Crippen LogP contribution < -0.4 is 10.4 Å². The third-order valence-corrected chi connectivity index (χ3v) is 6.94. The van der Waals surface area contributed by atoms with E-state index in [0.29, 0.717) is 55.2 Å². The van der Waals surface area contributed by atoms with E-state index in [4.69, 9.17) is 37.3 Å². The van der Waals surface area contributed by atoms with Gasteiger partial charge >= 0.3 is 5.63 Å². The van der Waals surface area contributed by atoms with Crippen LogP contribution in [-0.4, -0.2) is 19.6 Å². The van der Waals surface area contributed by atoms with Crippen LogP contribution >= 0.6 is 23.2 Å². The smallest absolute Gasteiger partial charge is 0.344 e. The van der Waals surface area contributed by atoms with E-state index in [1.165, 1.54) is 6.33 Å². The van der Waals surface area contributed by atoms with Gasteiger partial charge in [-0.1, -0.05) is 71.7 Å². The summed E-state index contributed by atoms with van der Waals surface area (Å²) < 4.78 is 13.6. The Morgan fingerprint density at radius 3 is 2.39 bits per heavy atom. The molecule has 174 valence electrons. The third-order valence-electron chi connectivity index (χ3n) is 6.28. The van der Waals surface area contributed by atoms with Gasteiger partial charge in [0.15, 0.2) is 17.2 Å². The van der Waals surface area contributed by atoms with Gasteiger partial charge in [0.2, 0.25) is 5.88 Å². The summed E-state index contributed by atoms with van der Waals surface area (Å²) in [7, 11) is 0. The molecule has 0 saturated heterocycles. The lowest BCUT2D eigenvalue weighted by Gasteiger charge is -2.28. The number of halogens is 2. The molecule has 1 atom stereocenters. The molecule has 0 aliphatic carbocycles. The van der Waals surface area contributed by atoms with Crippen LogP contribution in [0.25, 0.3) is 28.0 Å². The minimum Gasteiger partial charge on any atom is -0.437 e. The van der Waals surface area contributed by atoms with Crippen molar-refractivity contribution in [1.29, 1.82) is 0 Å². The maximum Gasteiger partial charge on any atom is 0.344 e. The lowest BCUT2D eigenvalue weighted by Crippen LogP contribution is -2.22. The first-order valence-electron chi connectivity index (χ1n) is 11.1. The monoisotopic (exact) mass is 512 g/mol. The molecule has 1 aliphatic rings. The van der Waals surface area contributed by atoms with Crippen LogP contribution in [-0.2, 0) is 0 Å². The van der Waals surface area contributed by atoms with Gasteiger partial charge in [0.05, 0.1) is 22.4 Å². The van der Waals surface area contributed by atoms with Crippen molar-refractivity contribution in [2.75, 3.05) is 0 Å². The standard InChI is InChI=1S/C27H14Cl2N4O3/c28-16-10-6-11-17(29)19(16)20-21-23(15-9-4-5-12-18(15)35-27(21)34)36-26-22(20)25-31-24(32-33(25)13-30-26)14-7-2-1-3-8-14/h1-13,20H. The molecule has 0 fully saturated rings. The summed E-state index contributed by atoms with van der Waals surface area (Å²) in [5.74, 6) is 0.398. The van der Waals surface area contributed by atoms with E-state index in [9.17, 15) is 4.79 Å². The number of hydrogen-bond donors (Lipinski definition) is 0. The van der Waals surface area contributed by atoms with Crippen LogP contribution in [0.1, 0.15) is 22.6 Å². The van der Waals surface area contributed by atoms with Gasteiger partial charge in [0.25, 0.3) is 0 Å².